The first kappa shape index (κ1) is 32.0. The Morgan fingerprint density at radius 1 is 0.364 bits per heavy atom. The van der Waals surface area contributed by atoms with Gasteiger partial charge in [0.05, 0.1) is 0 Å². The van der Waals surface area contributed by atoms with Crippen LogP contribution in [0.1, 0.15) is 69.2 Å². The van der Waals surface area contributed by atoms with E-state index < -0.39 is 0 Å². The van der Waals surface area contributed by atoms with Crippen LogP contribution in [0.2, 0.25) is 0 Å². The number of hydrogen-bond acceptors (Lipinski definition) is 3. The molecule has 0 saturated heterocycles. The molecule has 0 radical (unpaired) electrons. The van der Waals surface area contributed by atoms with Gasteiger partial charge in [0.25, 0.3) is 0 Å². The molecule has 180 valence electrons. The highest BCUT2D eigenvalue weighted by Gasteiger charge is 2.10. The highest BCUT2D eigenvalue weighted by Crippen LogP contribution is 2.26. The summed E-state index contributed by atoms with van der Waals surface area (Å²) < 4.78 is 5.78. The van der Waals surface area contributed by atoms with Gasteiger partial charge in [-0.1, -0.05) is 130 Å². The van der Waals surface area contributed by atoms with Crippen LogP contribution in [-0.4, -0.2) is 10.2 Å². The molecular formula is C30H44N2O. The van der Waals surface area contributed by atoms with Crippen molar-refractivity contribution in [1.82, 2.24) is 10.2 Å². The third-order valence-corrected chi connectivity index (χ3v) is 3.68. The first-order valence-corrected chi connectivity index (χ1v) is 12.4. The van der Waals surface area contributed by atoms with Crippen LogP contribution in [-0.2, 0) is 0 Å². The van der Waals surface area contributed by atoms with Crippen molar-refractivity contribution >= 4 is 0 Å². The monoisotopic (exact) mass is 448 g/mol. The third kappa shape index (κ3) is 10.8. The number of hydrogen-bond donors (Lipinski definition) is 0. The third-order valence-electron chi connectivity index (χ3n) is 3.68. The SMILES string of the molecule is CC.CC.CC.CC.CC.c1ccc(-c2ccc(-c3nnc(-c4ccccc4)o3)cc2)cc1. The maximum absolute atomic E-state index is 5.78. The molecule has 33 heavy (non-hydrogen) atoms. The van der Waals surface area contributed by atoms with Gasteiger partial charge in [-0.15, -0.1) is 10.2 Å². The Bertz CT molecular complexity index is 899. The van der Waals surface area contributed by atoms with E-state index in [-0.39, 0.29) is 0 Å². The molecule has 0 unspecified atom stereocenters. The van der Waals surface area contributed by atoms with Crippen LogP contribution in [0.5, 0.6) is 0 Å². The molecule has 0 aliphatic heterocycles. The normalized spacial score (nSPS) is 8.30. The molecule has 0 aliphatic rings. The molecule has 0 saturated carbocycles. The molecule has 0 aliphatic carbocycles. The van der Waals surface area contributed by atoms with Gasteiger partial charge in [0, 0.05) is 11.1 Å². The van der Waals surface area contributed by atoms with Crippen molar-refractivity contribution in [3.8, 4) is 34.0 Å². The Morgan fingerprint density at radius 3 is 1.03 bits per heavy atom. The van der Waals surface area contributed by atoms with E-state index in [9.17, 15) is 0 Å². The van der Waals surface area contributed by atoms with Crippen molar-refractivity contribution in [2.24, 2.45) is 0 Å². The second-order valence-electron chi connectivity index (χ2n) is 5.22. The standard InChI is InChI=1S/C20H14N2O.5C2H6/c1-3-7-15(8-4-1)16-11-13-18(14-12-16)20-22-21-19(23-20)17-9-5-2-6-10-17;5*1-2/h1-14H;5*1-2H3. The fourth-order valence-electron chi connectivity index (χ4n) is 2.47. The fourth-order valence-corrected chi connectivity index (χ4v) is 2.47. The minimum Gasteiger partial charge on any atom is -0.416 e. The molecule has 0 spiro atoms. The summed E-state index contributed by atoms with van der Waals surface area (Å²) in [5.41, 5.74) is 4.19. The van der Waals surface area contributed by atoms with Crippen molar-refractivity contribution in [3.63, 3.8) is 0 Å². The van der Waals surface area contributed by atoms with E-state index in [1.54, 1.807) is 0 Å². The minimum absolute atomic E-state index is 0.531. The van der Waals surface area contributed by atoms with Crippen LogP contribution >= 0.6 is 0 Å². The van der Waals surface area contributed by atoms with Gasteiger partial charge < -0.3 is 4.42 Å². The molecule has 0 amide bonds. The Morgan fingerprint density at radius 2 is 0.636 bits per heavy atom. The van der Waals surface area contributed by atoms with E-state index in [0.29, 0.717) is 11.8 Å². The molecule has 1 heterocycles. The zero-order chi connectivity index (χ0) is 25.5. The van der Waals surface area contributed by atoms with E-state index in [1.165, 1.54) is 5.56 Å². The predicted octanol–water partition coefficient (Wildman–Crippen LogP) is 10.2. The van der Waals surface area contributed by atoms with Crippen molar-refractivity contribution in [1.29, 1.82) is 0 Å². The van der Waals surface area contributed by atoms with Gasteiger partial charge >= 0.3 is 0 Å². The average Bonchev–Trinajstić information content (AvgIpc) is 3.46. The Kier molecular flexibility index (Phi) is 21.3. The summed E-state index contributed by atoms with van der Waals surface area (Å²) in [6, 6.07) is 28.2. The second kappa shape index (κ2) is 22.0. The summed E-state index contributed by atoms with van der Waals surface area (Å²) in [6.07, 6.45) is 0. The lowest BCUT2D eigenvalue weighted by molar-refractivity contribution is 0.584. The fraction of sp³-hybridized carbons (Fsp3) is 0.333. The molecule has 3 nitrogen and oxygen atoms in total. The first-order valence-electron chi connectivity index (χ1n) is 12.4. The van der Waals surface area contributed by atoms with Gasteiger partial charge in [-0.05, 0) is 35.4 Å². The van der Waals surface area contributed by atoms with Crippen molar-refractivity contribution in [2.75, 3.05) is 0 Å². The Balaban J connectivity index is 0. The van der Waals surface area contributed by atoms with Gasteiger partial charge in [-0.2, -0.15) is 0 Å². The largest absolute Gasteiger partial charge is 0.416 e. The Hall–Kier alpha value is -3.20. The summed E-state index contributed by atoms with van der Waals surface area (Å²) in [5.74, 6) is 1.07. The molecule has 0 bridgehead atoms. The highest BCUT2D eigenvalue weighted by molar-refractivity contribution is 5.67. The highest BCUT2D eigenvalue weighted by atomic mass is 16.4. The van der Waals surface area contributed by atoms with Crippen LogP contribution in [0.15, 0.2) is 89.3 Å². The van der Waals surface area contributed by atoms with Crippen molar-refractivity contribution in [2.45, 2.75) is 69.2 Å². The van der Waals surface area contributed by atoms with Crippen LogP contribution in [0.25, 0.3) is 34.0 Å². The van der Waals surface area contributed by atoms with E-state index in [4.69, 9.17) is 4.42 Å². The van der Waals surface area contributed by atoms with Gasteiger partial charge in [-0.3, -0.25) is 0 Å². The lowest BCUT2D eigenvalue weighted by Crippen LogP contribution is -1.80. The van der Waals surface area contributed by atoms with Gasteiger partial charge in [-0.25, -0.2) is 0 Å². The van der Waals surface area contributed by atoms with Gasteiger partial charge in [0.2, 0.25) is 11.8 Å². The van der Waals surface area contributed by atoms with E-state index in [2.05, 4.69) is 34.5 Å². The smallest absolute Gasteiger partial charge is 0.248 e. The van der Waals surface area contributed by atoms with E-state index in [1.807, 2.05) is 130 Å². The van der Waals surface area contributed by atoms with Gasteiger partial charge in [0.15, 0.2) is 0 Å². The zero-order valence-electron chi connectivity index (χ0n) is 22.4. The summed E-state index contributed by atoms with van der Waals surface area (Å²) >= 11 is 0. The van der Waals surface area contributed by atoms with E-state index >= 15 is 0 Å². The van der Waals surface area contributed by atoms with Crippen molar-refractivity contribution in [3.05, 3.63) is 84.9 Å². The molecule has 1 aromatic heterocycles. The number of nitrogens with zero attached hydrogens (tertiary/aromatic N) is 2. The van der Waals surface area contributed by atoms with Crippen LogP contribution < -0.4 is 0 Å². The number of benzene rings is 3. The molecule has 4 aromatic rings. The summed E-state index contributed by atoms with van der Waals surface area (Å²) in [4.78, 5) is 0. The average molecular weight is 449 g/mol. The molecule has 3 heteroatoms. The Labute approximate surface area is 202 Å². The number of rotatable bonds is 3. The van der Waals surface area contributed by atoms with Crippen molar-refractivity contribution < 1.29 is 4.42 Å². The summed E-state index contributed by atoms with van der Waals surface area (Å²) in [5, 5.41) is 8.28. The van der Waals surface area contributed by atoms with Crippen LogP contribution in [0, 0.1) is 0 Å². The summed E-state index contributed by atoms with van der Waals surface area (Å²) in [6.45, 7) is 20.0. The molecule has 3 aromatic carbocycles. The number of aromatic nitrogens is 2. The maximum Gasteiger partial charge on any atom is 0.248 e. The minimum atomic E-state index is 0.531. The van der Waals surface area contributed by atoms with Crippen LogP contribution in [0.3, 0.4) is 0 Å². The molecule has 0 N–H and O–H groups in total. The molecular weight excluding hydrogens is 404 g/mol. The quantitative estimate of drug-likeness (QED) is 0.313. The zero-order valence-corrected chi connectivity index (χ0v) is 22.4. The summed E-state index contributed by atoms with van der Waals surface area (Å²) in [7, 11) is 0. The van der Waals surface area contributed by atoms with E-state index in [0.717, 1.165) is 16.7 Å². The topological polar surface area (TPSA) is 38.9 Å². The molecule has 0 atom stereocenters. The predicted molar refractivity (Wildman–Crippen MR) is 147 cm³/mol. The second-order valence-corrected chi connectivity index (χ2v) is 5.22. The van der Waals surface area contributed by atoms with Crippen LogP contribution in [0.4, 0.5) is 0 Å². The van der Waals surface area contributed by atoms with Gasteiger partial charge in [0.1, 0.15) is 0 Å². The molecule has 0 fully saturated rings. The molecule has 4 rings (SSSR count). The lowest BCUT2D eigenvalue weighted by atomic mass is 10.0. The lowest BCUT2D eigenvalue weighted by Gasteiger charge is -2.02. The maximum atomic E-state index is 5.78. The first-order chi connectivity index (χ1) is 16.4.